The van der Waals surface area contributed by atoms with Gasteiger partial charge in [-0.15, -0.1) is 0 Å². The SMILES string of the molecule is Cc1cc(NC2CC2)ccc1C#N. The maximum Gasteiger partial charge on any atom is 0.0994 e. The van der Waals surface area contributed by atoms with Gasteiger partial charge in [-0.1, -0.05) is 0 Å². The van der Waals surface area contributed by atoms with Gasteiger partial charge in [0.2, 0.25) is 0 Å². The first kappa shape index (κ1) is 8.12. The molecule has 0 amide bonds. The molecule has 66 valence electrons. The number of hydrogen-bond acceptors (Lipinski definition) is 2. The zero-order chi connectivity index (χ0) is 9.26. The van der Waals surface area contributed by atoms with Crippen LogP contribution in [0.5, 0.6) is 0 Å². The van der Waals surface area contributed by atoms with Gasteiger partial charge in [0, 0.05) is 11.7 Å². The average Bonchev–Trinajstić information content (AvgIpc) is 2.89. The summed E-state index contributed by atoms with van der Waals surface area (Å²) in [5, 5.41) is 12.1. The summed E-state index contributed by atoms with van der Waals surface area (Å²) in [7, 11) is 0. The summed E-state index contributed by atoms with van der Waals surface area (Å²) < 4.78 is 0. The average molecular weight is 172 g/mol. The maximum atomic E-state index is 8.73. The topological polar surface area (TPSA) is 35.8 Å². The number of hydrogen-bond donors (Lipinski definition) is 1. The molecule has 0 heterocycles. The minimum absolute atomic E-state index is 0.673. The lowest BCUT2D eigenvalue weighted by Gasteiger charge is -2.05. The molecule has 1 aromatic rings. The molecule has 1 N–H and O–H groups in total. The molecular formula is C11H12N2. The second-order valence-corrected chi connectivity index (χ2v) is 3.56. The summed E-state index contributed by atoms with van der Waals surface area (Å²) in [5.41, 5.74) is 2.95. The van der Waals surface area contributed by atoms with Crippen molar-refractivity contribution in [2.75, 3.05) is 5.32 Å². The van der Waals surface area contributed by atoms with E-state index >= 15 is 0 Å². The number of rotatable bonds is 2. The van der Waals surface area contributed by atoms with E-state index in [-0.39, 0.29) is 0 Å². The van der Waals surface area contributed by atoms with Crippen molar-refractivity contribution in [1.82, 2.24) is 0 Å². The Morgan fingerprint density at radius 2 is 2.23 bits per heavy atom. The largest absolute Gasteiger partial charge is 0.382 e. The van der Waals surface area contributed by atoms with Crippen LogP contribution in [-0.4, -0.2) is 6.04 Å². The van der Waals surface area contributed by atoms with E-state index in [1.807, 2.05) is 25.1 Å². The lowest BCUT2D eigenvalue weighted by atomic mass is 10.1. The summed E-state index contributed by atoms with van der Waals surface area (Å²) in [6, 6.07) is 8.73. The van der Waals surface area contributed by atoms with Gasteiger partial charge in [-0.2, -0.15) is 5.26 Å². The van der Waals surface area contributed by atoms with Gasteiger partial charge in [0.05, 0.1) is 11.6 Å². The third-order valence-corrected chi connectivity index (χ3v) is 2.29. The van der Waals surface area contributed by atoms with Gasteiger partial charge >= 0.3 is 0 Å². The standard InChI is InChI=1S/C11H12N2/c1-8-6-11(13-10-4-5-10)3-2-9(8)7-12/h2-3,6,10,13H,4-5H2,1H3. The highest BCUT2D eigenvalue weighted by Gasteiger charge is 2.20. The molecule has 0 bridgehead atoms. The first-order valence-electron chi connectivity index (χ1n) is 4.57. The highest BCUT2D eigenvalue weighted by molar-refractivity contribution is 5.52. The van der Waals surface area contributed by atoms with Gasteiger partial charge in [0.25, 0.3) is 0 Å². The molecule has 2 rings (SSSR count). The van der Waals surface area contributed by atoms with E-state index < -0.39 is 0 Å². The lowest BCUT2D eigenvalue weighted by Crippen LogP contribution is -2.00. The second-order valence-electron chi connectivity index (χ2n) is 3.56. The Morgan fingerprint density at radius 3 is 2.77 bits per heavy atom. The number of nitriles is 1. The molecule has 1 aromatic carbocycles. The van der Waals surface area contributed by atoms with Crippen LogP contribution in [0.15, 0.2) is 18.2 Å². The normalized spacial score (nSPS) is 15.1. The monoisotopic (exact) mass is 172 g/mol. The van der Waals surface area contributed by atoms with Crippen molar-refractivity contribution in [3.8, 4) is 6.07 Å². The number of benzene rings is 1. The van der Waals surface area contributed by atoms with Crippen LogP contribution in [0, 0.1) is 18.3 Å². The first-order valence-corrected chi connectivity index (χ1v) is 4.57. The number of nitrogens with zero attached hydrogens (tertiary/aromatic N) is 1. The molecule has 0 radical (unpaired) electrons. The highest BCUT2D eigenvalue weighted by atomic mass is 14.9. The van der Waals surface area contributed by atoms with Crippen LogP contribution in [0.1, 0.15) is 24.0 Å². The quantitative estimate of drug-likeness (QED) is 0.743. The van der Waals surface area contributed by atoms with Crippen molar-refractivity contribution >= 4 is 5.69 Å². The highest BCUT2D eigenvalue weighted by Crippen LogP contribution is 2.25. The fourth-order valence-electron chi connectivity index (χ4n) is 1.34. The first-order chi connectivity index (χ1) is 6.29. The van der Waals surface area contributed by atoms with E-state index in [4.69, 9.17) is 5.26 Å². The molecular weight excluding hydrogens is 160 g/mol. The Morgan fingerprint density at radius 1 is 1.46 bits per heavy atom. The van der Waals surface area contributed by atoms with Crippen LogP contribution in [0.25, 0.3) is 0 Å². The van der Waals surface area contributed by atoms with Crippen molar-refractivity contribution in [3.63, 3.8) is 0 Å². The Kier molecular flexibility index (Phi) is 1.94. The maximum absolute atomic E-state index is 8.73. The Labute approximate surface area is 78.2 Å². The number of anilines is 1. The van der Waals surface area contributed by atoms with E-state index in [1.54, 1.807) is 0 Å². The molecule has 2 heteroatoms. The van der Waals surface area contributed by atoms with Gasteiger partial charge < -0.3 is 5.32 Å². The molecule has 2 nitrogen and oxygen atoms in total. The predicted molar refractivity (Wildman–Crippen MR) is 52.5 cm³/mol. The zero-order valence-corrected chi connectivity index (χ0v) is 7.67. The summed E-state index contributed by atoms with van der Waals surface area (Å²) in [6.07, 6.45) is 2.55. The van der Waals surface area contributed by atoms with E-state index in [9.17, 15) is 0 Å². The van der Waals surface area contributed by atoms with Crippen LogP contribution >= 0.6 is 0 Å². The predicted octanol–water partition coefficient (Wildman–Crippen LogP) is 2.44. The second kappa shape index (κ2) is 3.10. The molecule has 0 unspecified atom stereocenters. The van der Waals surface area contributed by atoms with Gasteiger partial charge in [-0.3, -0.25) is 0 Å². The minimum atomic E-state index is 0.673. The zero-order valence-electron chi connectivity index (χ0n) is 7.67. The molecule has 1 aliphatic carbocycles. The van der Waals surface area contributed by atoms with Crippen molar-refractivity contribution in [2.24, 2.45) is 0 Å². The van der Waals surface area contributed by atoms with Crippen molar-refractivity contribution in [3.05, 3.63) is 29.3 Å². The molecule has 1 aliphatic rings. The lowest BCUT2D eigenvalue weighted by molar-refractivity contribution is 1.15. The molecule has 1 saturated carbocycles. The van der Waals surface area contributed by atoms with Gasteiger partial charge in [-0.05, 0) is 43.5 Å². The molecule has 0 aliphatic heterocycles. The third-order valence-electron chi connectivity index (χ3n) is 2.29. The van der Waals surface area contributed by atoms with Crippen molar-refractivity contribution < 1.29 is 0 Å². The van der Waals surface area contributed by atoms with Crippen LogP contribution < -0.4 is 5.32 Å². The Bertz CT molecular complexity index is 359. The van der Waals surface area contributed by atoms with Crippen molar-refractivity contribution in [2.45, 2.75) is 25.8 Å². The van der Waals surface area contributed by atoms with E-state index in [2.05, 4.69) is 11.4 Å². The van der Waals surface area contributed by atoms with Crippen molar-refractivity contribution in [1.29, 1.82) is 5.26 Å². The van der Waals surface area contributed by atoms with Crippen LogP contribution in [-0.2, 0) is 0 Å². The van der Waals surface area contributed by atoms with Crippen LogP contribution in [0.4, 0.5) is 5.69 Å². The fourth-order valence-corrected chi connectivity index (χ4v) is 1.34. The van der Waals surface area contributed by atoms with Crippen LogP contribution in [0.2, 0.25) is 0 Å². The molecule has 1 fully saturated rings. The molecule has 0 saturated heterocycles. The summed E-state index contributed by atoms with van der Waals surface area (Å²) in [4.78, 5) is 0. The van der Waals surface area contributed by atoms with Gasteiger partial charge in [-0.25, -0.2) is 0 Å². The Hall–Kier alpha value is -1.49. The van der Waals surface area contributed by atoms with Gasteiger partial charge in [0.1, 0.15) is 0 Å². The van der Waals surface area contributed by atoms with Gasteiger partial charge in [0.15, 0.2) is 0 Å². The summed E-state index contributed by atoms with van der Waals surface area (Å²) >= 11 is 0. The number of nitrogens with one attached hydrogen (secondary N) is 1. The summed E-state index contributed by atoms with van der Waals surface area (Å²) in [5.74, 6) is 0. The molecule has 13 heavy (non-hydrogen) atoms. The third kappa shape index (κ3) is 1.81. The fraction of sp³-hybridized carbons (Fsp3) is 0.364. The van der Waals surface area contributed by atoms with E-state index in [0.29, 0.717) is 6.04 Å². The molecule has 0 atom stereocenters. The Balaban J connectivity index is 2.19. The van der Waals surface area contributed by atoms with E-state index in [0.717, 1.165) is 16.8 Å². The molecule has 0 aromatic heterocycles. The number of aryl methyl sites for hydroxylation is 1. The van der Waals surface area contributed by atoms with Crippen LogP contribution in [0.3, 0.4) is 0 Å². The minimum Gasteiger partial charge on any atom is -0.382 e. The summed E-state index contributed by atoms with van der Waals surface area (Å²) in [6.45, 7) is 1.97. The smallest absolute Gasteiger partial charge is 0.0994 e. The molecule has 0 spiro atoms. The van der Waals surface area contributed by atoms with E-state index in [1.165, 1.54) is 12.8 Å².